The maximum Gasteiger partial charge on any atom is 0.233 e. The highest BCUT2D eigenvalue weighted by Gasteiger charge is 2.22. The van der Waals surface area contributed by atoms with Gasteiger partial charge in [0.2, 0.25) is 5.91 Å². The van der Waals surface area contributed by atoms with Gasteiger partial charge in [-0.1, -0.05) is 23.9 Å². The zero-order valence-electron chi connectivity index (χ0n) is 15.8. The number of piperazine rings is 1. The van der Waals surface area contributed by atoms with Crippen molar-refractivity contribution >= 4 is 40.3 Å². The number of hydrogen-bond donors (Lipinski definition) is 0. The van der Waals surface area contributed by atoms with Gasteiger partial charge in [0.25, 0.3) is 0 Å². The van der Waals surface area contributed by atoms with Crippen LogP contribution in [-0.2, 0) is 17.9 Å². The van der Waals surface area contributed by atoms with Gasteiger partial charge in [-0.05, 0) is 29.8 Å². The zero-order chi connectivity index (χ0) is 19.3. The fraction of sp³-hybridized carbons (Fsp3) is 0.421. The first kappa shape index (κ1) is 19.6. The summed E-state index contributed by atoms with van der Waals surface area (Å²) >= 11 is 4.94. The molecule has 9 heteroatoms. The van der Waals surface area contributed by atoms with E-state index >= 15 is 0 Å². The Morgan fingerprint density at radius 2 is 1.89 bits per heavy atom. The van der Waals surface area contributed by atoms with Crippen molar-refractivity contribution in [1.82, 2.24) is 24.6 Å². The summed E-state index contributed by atoms with van der Waals surface area (Å²) in [5.74, 6) is 1.48. The predicted octanol–water partition coefficient (Wildman–Crippen LogP) is 3.52. The monoisotopic (exact) mass is 433 g/mol. The molecule has 1 fully saturated rings. The van der Waals surface area contributed by atoms with Crippen molar-refractivity contribution in [3.63, 3.8) is 0 Å². The van der Waals surface area contributed by atoms with E-state index in [9.17, 15) is 4.79 Å². The Morgan fingerprint density at radius 3 is 2.57 bits per heavy atom. The molecule has 0 aliphatic carbocycles. The molecule has 0 spiro atoms. The molecule has 0 bridgehead atoms. The summed E-state index contributed by atoms with van der Waals surface area (Å²) in [5, 5.41) is 13.6. The third-order valence-corrected chi connectivity index (χ3v) is 7.46. The molecule has 4 heterocycles. The maximum absolute atomic E-state index is 12.7. The van der Waals surface area contributed by atoms with Gasteiger partial charge < -0.3 is 9.47 Å². The lowest BCUT2D eigenvalue weighted by molar-refractivity contribution is -0.130. The molecular formula is C19H23N5OS3. The topological polar surface area (TPSA) is 54.3 Å². The molecule has 0 unspecified atom stereocenters. The van der Waals surface area contributed by atoms with Crippen LogP contribution in [0.2, 0.25) is 0 Å². The second-order valence-electron chi connectivity index (χ2n) is 6.55. The lowest BCUT2D eigenvalue weighted by Gasteiger charge is -2.34. The van der Waals surface area contributed by atoms with Gasteiger partial charge in [-0.15, -0.1) is 32.9 Å². The lowest BCUT2D eigenvalue weighted by atomic mass is 10.3. The third kappa shape index (κ3) is 4.48. The van der Waals surface area contributed by atoms with E-state index in [0.717, 1.165) is 55.1 Å². The Labute approximate surface area is 177 Å². The Kier molecular flexibility index (Phi) is 6.46. The summed E-state index contributed by atoms with van der Waals surface area (Å²) in [5.41, 5.74) is 0. The van der Waals surface area contributed by atoms with Gasteiger partial charge in [-0.3, -0.25) is 9.69 Å². The van der Waals surface area contributed by atoms with Crippen LogP contribution in [0.15, 0.2) is 40.2 Å². The molecule has 0 radical (unpaired) electrons. The van der Waals surface area contributed by atoms with E-state index < -0.39 is 0 Å². The minimum absolute atomic E-state index is 0.184. The van der Waals surface area contributed by atoms with E-state index in [0.29, 0.717) is 5.75 Å². The second kappa shape index (κ2) is 9.21. The van der Waals surface area contributed by atoms with Crippen LogP contribution in [-0.4, -0.2) is 62.4 Å². The average Bonchev–Trinajstić information content (AvgIpc) is 3.47. The van der Waals surface area contributed by atoms with Gasteiger partial charge in [-0.25, -0.2) is 0 Å². The quantitative estimate of drug-likeness (QED) is 0.534. The zero-order valence-corrected chi connectivity index (χ0v) is 18.2. The number of aromatic nitrogens is 3. The molecule has 28 heavy (non-hydrogen) atoms. The van der Waals surface area contributed by atoms with Crippen LogP contribution in [0.4, 0.5) is 0 Å². The summed E-state index contributed by atoms with van der Waals surface area (Å²) in [6, 6.07) is 8.34. The van der Waals surface area contributed by atoms with E-state index in [2.05, 4.69) is 50.2 Å². The molecule has 1 amide bonds. The Bertz CT molecular complexity index is 883. The van der Waals surface area contributed by atoms with Crippen LogP contribution in [0.25, 0.3) is 10.7 Å². The Morgan fingerprint density at radius 1 is 1.11 bits per heavy atom. The summed E-state index contributed by atoms with van der Waals surface area (Å²) in [6.45, 7) is 7.32. The van der Waals surface area contributed by atoms with Crippen molar-refractivity contribution in [3.05, 3.63) is 39.9 Å². The number of nitrogens with zero attached hydrogens (tertiary/aromatic N) is 5. The van der Waals surface area contributed by atoms with E-state index in [1.54, 1.807) is 22.7 Å². The molecule has 1 saturated heterocycles. The van der Waals surface area contributed by atoms with Crippen LogP contribution < -0.4 is 0 Å². The fourth-order valence-corrected chi connectivity index (χ4v) is 5.63. The van der Waals surface area contributed by atoms with Gasteiger partial charge in [-0.2, -0.15) is 0 Å². The van der Waals surface area contributed by atoms with Gasteiger partial charge in [0.15, 0.2) is 11.0 Å². The molecule has 0 N–H and O–H groups in total. The van der Waals surface area contributed by atoms with Crippen molar-refractivity contribution in [2.24, 2.45) is 0 Å². The molecule has 1 aliphatic rings. The van der Waals surface area contributed by atoms with Gasteiger partial charge >= 0.3 is 0 Å². The van der Waals surface area contributed by atoms with Crippen molar-refractivity contribution in [3.8, 4) is 10.7 Å². The first-order chi connectivity index (χ1) is 13.7. The molecule has 6 nitrogen and oxygen atoms in total. The van der Waals surface area contributed by atoms with Crippen LogP contribution in [0.3, 0.4) is 0 Å². The van der Waals surface area contributed by atoms with Gasteiger partial charge in [0, 0.05) is 44.1 Å². The number of amides is 1. The molecule has 3 aromatic rings. The van der Waals surface area contributed by atoms with E-state index in [1.165, 1.54) is 16.6 Å². The number of thioether (sulfide) groups is 1. The van der Waals surface area contributed by atoms with E-state index in [-0.39, 0.29) is 5.91 Å². The molecule has 0 aromatic carbocycles. The standard InChI is InChI=1S/C19H23N5OS3/c1-2-24-18(16-6-4-12-27-16)20-21-19(24)28-14-17(25)23-9-7-22(8-10-23)13-15-5-3-11-26-15/h3-6,11-12H,2,7-10,13-14H2,1H3. The molecule has 4 rings (SSSR count). The Balaban J connectivity index is 1.29. The second-order valence-corrected chi connectivity index (χ2v) is 9.48. The van der Waals surface area contributed by atoms with Crippen LogP contribution in [0, 0.1) is 0 Å². The highest BCUT2D eigenvalue weighted by Crippen LogP contribution is 2.27. The molecule has 148 valence electrons. The van der Waals surface area contributed by atoms with Crippen LogP contribution in [0.5, 0.6) is 0 Å². The minimum atomic E-state index is 0.184. The van der Waals surface area contributed by atoms with Crippen LogP contribution in [0.1, 0.15) is 11.8 Å². The largest absolute Gasteiger partial charge is 0.339 e. The maximum atomic E-state index is 12.7. The summed E-state index contributed by atoms with van der Waals surface area (Å²) in [6.07, 6.45) is 0. The van der Waals surface area contributed by atoms with Crippen LogP contribution >= 0.6 is 34.4 Å². The van der Waals surface area contributed by atoms with Gasteiger partial charge in [0.05, 0.1) is 10.6 Å². The normalized spacial score (nSPS) is 15.2. The van der Waals surface area contributed by atoms with Gasteiger partial charge in [0.1, 0.15) is 0 Å². The number of thiophene rings is 2. The number of hydrogen-bond acceptors (Lipinski definition) is 7. The van der Waals surface area contributed by atoms with E-state index in [4.69, 9.17) is 0 Å². The molecule has 0 saturated carbocycles. The molecular weight excluding hydrogens is 410 g/mol. The summed E-state index contributed by atoms with van der Waals surface area (Å²) < 4.78 is 2.09. The SMILES string of the molecule is CCn1c(SCC(=O)N2CCN(Cc3cccs3)CC2)nnc1-c1cccs1. The first-order valence-electron chi connectivity index (χ1n) is 9.37. The molecule has 1 aliphatic heterocycles. The molecule has 3 aromatic heterocycles. The van der Waals surface area contributed by atoms with Crippen molar-refractivity contribution in [1.29, 1.82) is 0 Å². The highest BCUT2D eigenvalue weighted by molar-refractivity contribution is 7.99. The van der Waals surface area contributed by atoms with E-state index in [1.807, 2.05) is 16.3 Å². The molecule has 0 atom stereocenters. The third-order valence-electron chi connectivity index (χ3n) is 4.78. The highest BCUT2D eigenvalue weighted by atomic mass is 32.2. The first-order valence-corrected chi connectivity index (χ1v) is 12.1. The predicted molar refractivity (Wildman–Crippen MR) is 116 cm³/mol. The lowest BCUT2D eigenvalue weighted by Crippen LogP contribution is -2.48. The van der Waals surface area contributed by atoms with Crippen molar-refractivity contribution < 1.29 is 4.79 Å². The van der Waals surface area contributed by atoms with Crippen molar-refractivity contribution in [2.45, 2.75) is 25.2 Å². The van der Waals surface area contributed by atoms with Crippen molar-refractivity contribution in [2.75, 3.05) is 31.9 Å². The smallest absolute Gasteiger partial charge is 0.233 e. The number of rotatable bonds is 7. The summed E-state index contributed by atoms with van der Waals surface area (Å²) in [7, 11) is 0. The Hall–Kier alpha value is -1.68. The number of carbonyl (C=O) groups excluding carboxylic acids is 1. The number of carbonyl (C=O) groups is 1. The summed E-state index contributed by atoms with van der Waals surface area (Å²) in [4.78, 5) is 19.6. The minimum Gasteiger partial charge on any atom is -0.339 e. The fourth-order valence-electron chi connectivity index (χ4n) is 3.26. The average molecular weight is 434 g/mol.